The average molecular weight is 192 g/mol. The van der Waals surface area contributed by atoms with Crippen molar-refractivity contribution in [3.05, 3.63) is 0 Å². The molecule has 0 spiro atoms. The fourth-order valence-electron chi connectivity index (χ4n) is 0.810. The lowest BCUT2D eigenvalue weighted by Crippen LogP contribution is -2.39. The molecule has 0 fully saturated rings. The van der Waals surface area contributed by atoms with E-state index in [0.29, 0.717) is 0 Å². The van der Waals surface area contributed by atoms with Gasteiger partial charge in [0.05, 0.1) is 18.8 Å². The van der Waals surface area contributed by atoms with Crippen LogP contribution in [-0.4, -0.2) is 46.1 Å². The van der Waals surface area contributed by atoms with E-state index in [-0.39, 0.29) is 19.4 Å². The molecule has 0 saturated carbocycles. The van der Waals surface area contributed by atoms with Gasteiger partial charge in [0.1, 0.15) is 6.04 Å². The Morgan fingerprint density at radius 2 is 1.85 bits per heavy atom. The van der Waals surface area contributed by atoms with Crippen LogP contribution >= 0.6 is 0 Å². The topological polar surface area (TPSA) is 130 Å². The molecule has 6 nitrogen and oxygen atoms in total. The van der Waals surface area contributed by atoms with Crippen LogP contribution in [0.25, 0.3) is 0 Å². The summed E-state index contributed by atoms with van der Waals surface area (Å²) in [6, 6.07) is -1.72. The quantitative estimate of drug-likeness (QED) is 0.326. The van der Waals surface area contributed by atoms with Gasteiger partial charge < -0.3 is 26.8 Å². The van der Waals surface area contributed by atoms with Gasteiger partial charge in [-0.15, -0.1) is 0 Å². The number of aliphatic hydroxyl groups is 2. The molecule has 0 radical (unpaired) electrons. The summed E-state index contributed by atoms with van der Waals surface area (Å²) in [5.41, 5.74) is 10.5. The van der Waals surface area contributed by atoms with E-state index in [1.165, 1.54) is 0 Å². The van der Waals surface area contributed by atoms with Crippen LogP contribution in [0.3, 0.4) is 0 Å². The van der Waals surface area contributed by atoms with Crippen molar-refractivity contribution in [1.82, 2.24) is 0 Å². The molecule has 0 aliphatic rings. The second-order valence-electron chi connectivity index (χ2n) is 2.94. The van der Waals surface area contributed by atoms with Gasteiger partial charge in [0, 0.05) is 0 Å². The van der Waals surface area contributed by atoms with E-state index in [2.05, 4.69) is 0 Å². The molecule has 0 bridgehead atoms. The van der Waals surface area contributed by atoms with Crippen LogP contribution in [0.2, 0.25) is 0 Å². The fourth-order valence-corrected chi connectivity index (χ4v) is 0.810. The minimum atomic E-state index is -1.11. The van der Waals surface area contributed by atoms with Gasteiger partial charge in [-0.05, 0) is 12.8 Å². The first-order chi connectivity index (χ1) is 5.99. The van der Waals surface area contributed by atoms with Gasteiger partial charge in [-0.25, -0.2) is 0 Å². The van der Waals surface area contributed by atoms with Crippen LogP contribution in [0, 0.1) is 0 Å². The van der Waals surface area contributed by atoms with Gasteiger partial charge in [0.2, 0.25) is 0 Å². The lowest BCUT2D eigenvalue weighted by atomic mass is 10.0. The summed E-state index contributed by atoms with van der Waals surface area (Å²) in [7, 11) is 0. The number of nitrogens with two attached hydrogens (primary N) is 2. The van der Waals surface area contributed by atoms with Crippen LogP contribution in [0.1, 0.15) is 12.8 Å². The smallest absolute Gasteiger partial charge is 0.320 e. The van der Waals surface area contributed by atoms with Crippen molar-refractivity contribution in [3.63, 3.8) is 0 Å². The standard InChI is InChI=1S/C7H16N2O4/c8-4(7(12)13)1-2-6(11)5(9)3-10/h4-6,10-11H,1-3,8-9H2,(H,12,13)/t4-,5-,6+/m0/s1. The van der Waals surface area contributed by atoms with E-state index >= 15 is 0 Å². The summed E-state index contributed by atoms with van der Waals surface area (Å²) in [5, 5.41) is 26.2. The molecule has 0 aromatic carbocycles. The maximum atomic E-state index is 10.3. The first kappa shape index (κ1) is 12.3. The van der Waals surface area contributed by atoms with Crippen molar-refractivity contribution in [2.45, 2.75) is 31.0 Å². The van der Waals surface area contributed by atoms with Crippen LogP contribution < -0.4 is 11.5 Å². The Labute approximate surface area is 76.2 Å². The van der Waals surface area contributed by atoms with Crippen LogP contribution in [0.15, 0.2) is 0 Å². The zero-order valence-electron chi connectivity index (χ0n) is 7.26. The van der Waals surface area contributed by atoms with Crippen molar-refractivity contribution >= 4 is 5.97 Å². The Kier molecular flexibility index (Phi) is 5.56. The molecule has 0 aromatic rings. The van der Waals surface area contributed by atoms with Crippen molar-refractivity contribution in [3.8, 4) is 0 Å². The lowest BCUT2D eigenvalue weighted by molar-refractivity contribution is -0.138. The average Bonchev–Trinajstić information content (AvgIpc) is 2.11. The number of carbonyl (C=O) groups is 1. The molecule has 3 atom stereocenters. The predicted molar refractivity (Wildman–Crippen MR) is 45.9 cm³/mol. The minimum absolute atomic E-state index is 0.143. The van der Waals surface area contributed by atoms with Gasteiger partial charge in [0.25, 0.3) is 0 Å². The van der Waals surface area contributed by atoms with Gasteiger partial charge in [-0.3, -0.25) is 4.79 Å². The number of rotatable bonds is 6. The molecular formula is C7H16N2O4. The first-order valence-corrected chi connectivity index (χ1v) is 4.02. The summed E-state index contributed by atoms with van der Waals surface area (Å²) >= 11 is 0. The van der Waals surface area contributed by atoms with Gasteiger partial charge in [0.15, 0.2) is 0 Å². The summed E-state index contributed by atoms with van der Waals surface area (Å²) in [6.07, 6.45) is -0.588. The van der Waals surface area contributed by atoms with Crippen LogP contribution in [0.4, 0.5) is 0 Å². The molecule has 0 amide bonds. The van der Waals surface area contributed by atoms with E-state index in [1.54, 1.807) is 0 Å². The first-order valence-electron chi connectivity index (χ1n) is 4.02. The maximum Gasteiger partial charge on any atom is 0.320 e. The van der Waals surface area contributed by atoms with Crippen molar-refractivity contribution in [1.29, 1.82) is 0 Å². The van der Waals surface area contributed by atoms with Crippen molar-refractivity contribution in [2.24, 2.45) is 11.5 Å². The van der Waals surface area contributed by atoms with Gasteiger partial charge in [-0.1, -0.05) is 0 Å². The highest BCUT2D eigenvalue weighted by Crippen LogP contribution is 2.02. The fraction of sp³-hybridized carbons (Fsp3) is 0.857. The van der Waals surface area contributed by atoms with Crippen molar-refractivity contribution < 1.29 is 20.1 Å². The van der Waals surface area contributed by atoms with Crippen molar-refractivity contribution in [2.75, 3.05) is 6.61 Å². The molecule has 0 heterocycles. The summed E-state index contributed by atoms with van der Waals surface area (Å²) in [4.78, 5) is 10.3. The van der Waals surface area contributed by atoms with E-state index < -0.39 is 24.2 Å². The highest BCUT2D eigenvalue weighted by atomic mass is 16.4. The molecular weight excluding hydrogens is 176 g/mol. The molecule has 0 aliphatic heterocycles. The number of carboxylic acid groups (broad SMARTS) is 1. The molecule has 13 heavy (non-hydrogen) atoms. The summed E-state index contributed by atoms with van der Waals surface area (Å²) < 4.78 is 0. The zero-order valence-corrected chi connectivity index (χ0v) is 7.26. The Morgan fingerprint density at radius 3 is 2.23 bits per heavy atom. The molecule has 0 saturated heterocycles. The zero-order chi connectivity index (χ0) is 10.4. The summed E-state index contributed by atoms with van der Waals surface area (Å²) in [5.74, 6) is -1.11. The third kappa shape index (κ3) is 4.79. The number of aliphatic carboxylic acids is 1. The van der Waals surface area contributed by atoms with Crippen LogP contribution in [-0.2, 0) is 4.79 Å². The number of hydrogen-bond acceptors (Lipinski definition) is 5. The largest absolute Gasteiger partial charge is 0.480 e. The monoisotopic (exact) mass is 192 g/mol. The maximum absolute atomic E-state index is 10.3. The lowest BCUT2D eigenvalue weighted by Gasteiger charge is -2.17. The normalized spacial score (nSPS) is 17.8. The second-order valence-corrected chi connectivity index (χ2v) is 2.94. The third-order valence-corrected chi connectivity index (χ3v) is 1.80. The molecule has 0 rings (SSSR count). The number of aliphatic hydroxyl groups excluding tert-OH is 2. The molecule has 6 heteroatoms. The Balaban J connectivity index is 3.69. The SMILES string of the molecule is N[C@@H](CC[C@@H](O)[C@@H](N)CO)C(=O)O. The summed E-state index contributed by atoms with van der Waals surface area (Å²) in [6.45, 7) is -0.330. The van der Waals surface area contributed by atoms with Gasteiger partial charge >= 0.3 is 5.97 Å². The third-order valence-electron chi connectivity index (χ3n) is 1.80. The predicted octanol–water partition coefficient (Wildman–Crippen LogP) is -2.14. The highest BCUT2D eigenvalue weighted by Gasteiger charge is 2.17. The molecule has 0 aromatic heterocycles. The number of carboxylic acids is 1. The Morgan fingerprint density at radius 1 is 1.31 bits per heavy atom. The second kappa shape index (κ2) is 5.87. The molecule has 0 aliphatic carbocycles. The Bertz CT molecular complexity index is 165. The van der Waals surface area contributed by atoms with Crippen LogP contribution in [0.5, 0.6) is 0 Å². The molecule has 7 N–H and O–H groups in total. The molecule has 78 valence electrons. The molecule has 0 unspecified atom stereocenters. The van der Waals surface area contributed by atoms with E-state index in [4.69, 9.17) is 21.7 Å². The number of hydrogen-bond donors (Lipinski definition) is 5. The van der Waals surface area contributed by atoms with E-state index in [0.717, 1.165) is 0 Å². The van der Waals surface area contributed by atoms with Gasteiger partial charge in [-0.2, -0.15) is 0 Å². The van der Waals surface area contributed by atoms with E-state index in [9.17, 15) is 9.90 Å². The Hall–Kier alpha value is -0.690. The minimum Gasteiger partial charge on any atom is -0.480 e. The van der Waals surface area contributed by atoms with E-state index in [1.807, 2.05) is 0 Å². The highest BCUT2D eigenvalue weighted by molar-refractivity contribution is 5.72.